The number of nitrogens with one attached hydrogen (secondary N) is 3. The van der Waals surface area contributed by atoms with Gasteiger partial charge in [0.05, 0.1) is 5.69 Å². The SMILES string of the molecule is Cc1[nH]nc(C(=O)Nc2ccc3c(c2F)CCNC3)c1C.Cl. The molecule has 1 aliphatic heterocycles. The summed E-state index contributed by atoms with van der Waals surface area (Å²) in [5.41, 5.74) is 3.74. The van der Waals surface area contributed by atoms with Gasteiger partial charge in [-0.1, -0.05) is 6.07 Å². The van der Waals surface area contributed by atoms with E-state index in [0.717, 1.165) is 23.4 Å². The van der Waals surface area contributed by atoms with E-state index in [4.69, 9.17) is 0 Å². The molecule has 0 unspecified atom stereocenters. The van der Waals surface area contributed by atoms with Crippen LogP contribution in [0.2, 0.25) is 0 Å². The summed E-state index contributed by atoms with van der Waals surface area (Å²) < 4.78 is 14.5. The van der Waals surface area contributed by atoms with Crippen LogP contribution in [-0.2, 0) is 13.0 Å². The minimum Gasteiger partial charge on any atom is -0.318 e. The van der Waals surface area contributed by atoms with Crippen LogP contribution in [0.25, 0.3) is 0 Å². The summed E-state index contributed by atoms with van der Waals surface area (Å²) in [6.07, 6.45) is 0.630. The summed E-state index contributed by atoms with van der Waals surface area (Å²) in [7, 11) is 0. The van der Waals surface area contributed by atoms with Crippen LogP contribution in [0.3, 0.4) is 0 Å². The van der Waals surface area contributed by atoms with Gasteiger partial charge in [0, 0.05) is 17.8 Å². The Morgan fingerprint density at radius 1 is 1.36 bits per heavy atom. The summed E-state index contributed by atoms with van der Waals surface area (Å²) in [6, 6.07) is 3.46. The zero-order chi connectivity index (χ0) is 15.0. The number of aromatic amines is 1. The number of amides is 1. The fraction of sp³-hybridized carbons (Fsp3) is 0.333. The zero-order valence-electron chi connectivity index (χ0n) is 12.4. The van der Waals surface area contributed by atoms with Crippen LogP contribution in [0.4, 0.5) is 10.1 Å². The molecule has 7 heteroatoms. The van der Waals surface area contributed by atoms with Gasteiger partial charge < -0.3 is 10.6 Å². The number of fused-ring (bicyclic) bond motifs is 1. The van der Waals surface area contributed by atoms with E-state index in [1.165, 1.54) is 0 Å². The average Bonchev–Trinajstić information content (AvgIpc) is 2.82. The molecular weight excluding hydrogens is 307 g/mol. The molecule has 2 aromatic rings. The minimum atomic E-state index is -0.398. The topological polar surface area (TPSA) is 69.8 Å². The molecule has 1 amide bonds. The number of aryl methyl sites for hydroxylation is 1. The number of aromatic nitrogens is 2. The number of halogens is 2. The standard InChI is InChI=1S/C15H17FN4O.ClH/c1-8-9(2)19-20-14(8)15(21)18-12-4-3-10-7-17-6-5-11(10)13(12)16;/h3-4,17H,5-7H2,1-2H3,(H,18,21)(H,19,20);1H. The molecule has 0 fully saturated rings. The number of carbonyl (C=O) groups excluding carboxylic acids is 1. The van der Waals surface area contributed by atoms with E-state index in [0.29, 0.717) is 24.2 Å². The molecule has 0 radical (unpaired) electrons. The highest BCUT2D eigenvalue weighted by Gasteiger charge is 2.20. The fourth-order valence-corrected chi connectivity index (χ4v) is 2.52. The third-order valence-corrected chi connectivity index (χ3v) is 3.92. The third-order valence-electron chi connectivity index (χ3n) is 3.92. The summed E-state index contributed by atoms with van der Waals surface area (Å²) in [5, 5.41) is 12.5. The number of carbonyl (C=O) groups is 1. The number of anilines is 1. The molecule has 0 aliphatic carbocycles. The van der Waals surface area contributed by atoms with Gasteiger partial charge in [-0.15, -0.1) is 12.4 Å². The number of hydrogen-bond acceptors (Lipinski definition) is 3. The van der Waals surface area contributed by atoms with Gasteiger partial charge in [0.2, 0.25) is 0 Å². The van der Waals surface area contributed by atoms with Crippen LogP contribution in [-0.4, -0.2) is 22.6 Å². The molecule has 3 N–H and O–H groups in total. The Morgan fingerprint density at radius 3 is 2.82 bits per heavy atom. The van der Waals surface area contributed by atoms with Gasteiger partial charge in [0.1, 0.15) is 5.82 Å². The first kappa shape index (κ1) is 16.5. The fourth-order valence-electron chi connectivity index (χ4n) is 2.52. The molecule has 2 heterocycles. The quantitative estimate of drug-likeness (QED) is 0.795. The van der Waals surface area contributed by atoms with Gasteiger partial charge in [-0.3, -0.25) is 9.89 Å². The molecule has 22 heavy (non-hydrogen) atoms. The second-order valence-corrected chi connectivity index (χ2v) is 5.27. The monoisotopic (exact) mass is 324 g/mol. The van der Waals surface area contributed by atoms with Crippen LogP contribution >= 0.6 is 12.4 Å². The van der Waals surface area contributed by atoms with Crippen molar-refractivity contribution in [3.8, 4) is 0 Å². The van der Waals surface area contributed by atoms with Crippen molar-refractivity contribution in [3.63, 3.8) is 0 Å². The minimum absolute atomic E-state index is 0. The Bertz CT molecular complexity index is 714. The largest absolute Gasteiger partial charge is 0.318 e. The molecule has 1 aromatic heterocycles. The van der Waals surface area contributed by atoms with Crippen molar-refractivity contribution in [2.75, 3.05) is 11.9 Å². The predicted octanol–water partition coefficient (Wildman–Crippen LogP) is 2.49. The lowest BCUT2D eigenvalue weighted by molar-refractivity contribution is 0.102. The molecule has 3 rings (SSSR count). The van der Waals surface area contributed by atoms with Crippen LogP contribution in [0.5, 0.6) is 0 Å². The van der Waals surface area contributed by atoms with Crippen molar-refractivity contribution in [1.29, 1.82) is 0 Å². The Morgan fingerprint density at radius 2 is 2.14 bits per heavy atom. The van der Waals surface area contributed by atoms with E-state index in [2.05, 4.69) is 20.8 Å². The smallest absolute Gasteiger partial charge is 0.276 e. The molecule has 5 nitrogen and oxygen atoms in total. The first-order chi connectivity index (χ1) is 10.1. The Kier molecular flexibility index (Phi) is 4.83. The van der Waals surface area contributed by atoms with E-state index in [9.17, 15) is 9.18 Å². The zero-order valence-corrected chi connectivity index (χ0v) is 13.2. The molecule has 0 saturated carbocycles. The van der Waals surface area contributed by atoms with E-state index in [-0.39, 0.29) is 23.9 Å². The average molecular weight is 325 g/mol. The van der Waals surface area contributed by atoms with Crippen molar-refractivity contribution in [1.82, 2.24) is 15.5 Å². The highest BCUT2D eigenvalue weighted by molar-refractivity contribution is 6.04. The maximum absolute atomic E-state index is 14.5. The normalized spacial score (nSPS) is 13.2. The molecule has 118 valence electrons. The molecule has 0 bridgehead atoms. The molecule has 1 aromatic carbocycles. The third kappa shape index (κ3) is 2.84. The summed E-state index contributed by atoms with van der Waals surface area (Å²) in [6.45, 7) is 5.06. The number of rotatable bonds is 2. The van der Waals surface area contributed by atoms with E-state index in [1.54, 1.807) is 6.07 Å². The molecule has 0 atom stereocenters. The summed E-state index contributed by atoms with van der Waals surface area (Å²) in [5.74, 6) is -0.739. The number of nitrogens with zero attached hydrogens (tertiary/aromatic N) is 1. The van der Waals surface area contributed by atoms with Gasteiger partial charge in [-0.05, 0) is 44.0 Å². The predicted molar refractivity (Wildman–Crippen MR) is 85.1 cm³/mol. The lowest BCUT2D eigenvalue weighted by atomic mass is 9.99. The summed E-state index contributed by atoms with van der Waals surface area (Å²) >= 11 is 0. The second kappa shape index (κ2) is 6.46. The lowest BCUT2D eigenvalue weighted by Crippen LogP contribution is -2.25. The van der Waals surface area contributed by atoms with Gasteiger partial charge in [-0.25, -0.2) is 4.39 Å². The highest BCUT2D eigenvalue weighted by Crippen LogP contribution is 2.25. The Balaban J connectivity index is 0.00000176. The van der Waals surface area contributed by atoms with E-state index < -0.39 is 5.91 Å². The number of benzene rings is 1. The highest BCUT2D eigenvalue weighted by atomic mass is 35.5. The molecule has 0 saturated heterocycles. The Labute approximate surface area is 134 Å². The van der Waals surface area contributed by atoms with Gasteiger partial charge in [-0.2, -0.15) is 5.10 Å². The van der Waals surface area contributed by atoms with Crippen LogP contribution < -0.4 is 10.6 Å². The van der Waals surface area contributed by atoms with Crippen molar-refractivity contribution in [2.24, 2.45) is 0 Å². The van der Waals surface area contributed by atoms with Crippen LogP contribution in [0, 0.1) is 19.7 Å². The molecule has 1 aliphatic rings. The summed E-state index contributed by atoms with van der Waals surface area (Å²) in [4.78, 5) is 12.2. The van der Waals surface area contributed by atoms with Crippen molar-refractivity contribution >= 4 is 24.0 Å². The lowest BCUT2D eigenvalue weighted by Gasteiger charge is -2.19. The van der Waals surface area contributed by atoms with Gasteiger partial charge >= 0.3 is 0 Å². The molecule has 0 spiro atoms. The van der Waals surface area contributed by atoms with Crippen molar-refractivity contribution in [3.05, 3.63) is 46.0 Å². The van der Waals surface area contributed by atoms with Crippen molar-refractivity contribution in [2.45, 2.75) is 26.8 Å². The first-order valence-electron chi connectivity index (χ1n) is 6.92. The first-order valence-corrected chi connectivity index (χ1v) is 6.92. The number of H-pyrrole nitrogens is 1. The second-order valence-electron chi connectivity index (χ2n) is 5.27. The van der Waals surface area contributed by atoms with E-state index >= 15 is 0 Å². The van der Waals surface area contributed by atoms with Crippen LogP contribution in [0.1, 0.15) is 32.9 Å². The van der Waals surface area contributed by atoms with Gasteiger partial charge in [0.15, 0.2) is 5.69 Å². The van der Waals surface area contributed by atoms with Gasteiger partial charge in [0.25, 0.3) is 5.91 Å². The molecular formula is C15H18ClFN4O. The maximum Gasteiger partial charge on any atom is 0.276 e. The van der Waals surface area contributed by atoms with E-state index in [1.807, 2.05) is 19.9 Å². The number of hydrogen-bond donors (Lipinski definition) is 3. The maximum atomic E-state index is 14.5. The Hall–Kier alpha value is -1.92. The van der Waals surface area contributed by atoms with Crippen molar-refractivity contribution < 1.29 is 9.18 Å². The van der Waals surface area contributed by atoms with Crippen LogP contribution in [0.15, 0.2) is 12.1 Å².